The molecule has 1 saturated heterocycles. The molecule has 3 unspecified atom stereocenters. The molecule has 4 rings (SSSR count). The summed E-state index contributed by atoms with van der Waals surface area (Å²) in [5, 5.41) is 0. The molecule has 2 fully saturated rings. The molecule has 1 N–H and O–H groups in total. The molecule has 1 aliphatic heterocycles. The molecule has 30 heavy (non-hydrogen) atoms. The van der Waals surface area contributed by atoms with Crippen LogP contribution in [0.4, 0.5) is 17.6 Å². The van der Waals surface area contributed by atoms with Crippen LogP contribution in [0.3, 0.4) is 0 Å². The number of hydrogen-bond acceptors (Lipinski definition) is 3. The Labute approximate surface area is 177 Å². The van der Waals surface area contributed by atoms with Crippen LogP contribution in [-0.4, -0.2) is 42.1 Å². The average molecular weight is 438 g/mol. The third kappa shape index (κ3) is 3.95. The Morgan fingerprint density at radius 3 is 2.53 bits per heavy atom. The van der Waals surface area contributed by atoms with Crippen molar-refractivity contribution < 1.29 is 22.4 Å². The van der Waals surface area contributed by atoms with Gasteiger partial charge in [0.1, 0.15) is 11.6 Å². The van der Waals surface area contributed by atoms with Gasteiger partial charge in [-0.2, -0.15) is 0 Å². The topological polar surface area (TPSA) is 32.3 Å². The van der Waals surface area contributed by atoms with Crippen LogP contribution in [0.25, 0.3) is 11.1 Å². The van der Waals surface area contributed by atoms with E-state index in [-0.39, 0.29) is 42.8 Å². The van der Waals surface area contributed by atoms with Gasteiger partial charge >= 0.3 is 0 Å². The molecule has 0 bridgehead atoms. The van der Waals surface area contributed by atoms with E-state index < -0.39 is 23.6 Å². The fourth-order valence-corrected chi connectivity index (χ4v) is 4.75. The predicted molar refractivity (Wildman–Crippen MR) is 109 cm³/mol. The number of carbonyl (C=O) groups excluding carboxylic acids is 1. The van der Waals surface area contributed by atoms with Gasteiger partial charge in [0.25, 0.3) is 5.92 Å². The fourth-order valence-electron chi connectivity index (χ4n) is 4.22. The van der Waals surface area contributed by atoms with Gasteiger partial charge in [-0.1, -0.05) is 42.3 Å². The third-order valence-electron chi connectivity index (χ3n) is 5.90. The van der Waals surface area contributed by atoms with Crippen molar-refractivity contribution in [2.75, 3.05) is 19.3 Å². The van der Waals surface area contributed by atoms with Crippen LogP contribution in [0.2, 0.25) is 0 Å². The Balaban J connectivity index is 1.54. The van der Waals surface area contributed by atoms with E-state index in [9.17, 15) is 22.4 Å². The highest BCUT2D eigenvalue weighted by molar-refractivity contribution is 7.96. The molecule has 3 atom stereocenters. The van der Waals surface area contributed by atoms with Crippen molar-refractivity contribution in [2.24, 2.45) is 5.92 Å². The molecule has 3 nitrogen and oxygen atoms in total. The van der Waals surface area contributed by atoms with Gasteiger partial charge in [0.2, 0.25) is 5.91 Å². The van der Waals surface area contributed by atoms with Crippen molar-refractivity contribution in [1.29, 1.82) is 0 Å². The van der Waals surface area contributed by atoms with Crippen LogP contribution in [0, 0.1) is 17.6 Å². The first kappa shape index (κ1) is 21.2. The van der Waals surface area contributed by atoms with E-state index in [2.05, 4.69) is 4.72 Å². The normalized spacial score (nSPS) is 25.2. The van der Waals surface area contributed by atoms with E-state index in [1.165, 1.54) is 23.1 Å². The van der Waals surface area contributed by atoms with Gasteiger partial charge < -0.3 is 4.90 Å². The number of halogens is 4. The summed E-state index contributed by atoms with van der Waals surface area (Å²) in [5.41, 5.74) is 1.04. The van der Waals surface area contributed by atoms with E-state index >= 15 is 0 Å². The summed E-state index contributed by atoms with van der Waals surface area (Å²) in [7, 11) is 0. The number of nitrogens with one attached hydrogen (secondary N) is 1. The zero-order valence-electron chi connectivity index (χ0n) is 16.4. The number of alkyl halides is 2. The van der Waals surface area contributed by atoms with Gasteiger partial charge in [0, 0.05) is 25.4 Å². The summed E-state index contributed by atoms with van der Waals surface area (Å²) in [6.45, 7) is -0.0509. The van der Waals surface area contributed by atoms with Crippen molar-refractivity contribution in [1.82, 2.24) is 9.62 Å². The standard InChI is InChI=1S/C22H22F4N2OS/c1-30-27-19-12-28(10-9-22(19,25)26)21(29)16-11-15(16)13-5-2-3-6-14(13)20-17(23)7-4-8-18(20)24/h2-8,15-16,19,27H,9-12H2,1H3. The predicted octanol–water partition coefficient (Wildman–Crippen LogP) is 4.84. The van der Waals surface area contributed by atoms with Crippen LogP contribution in [-0.2, 0) is 4.79 Å². The molecule has 0 spiro atoms. The van der Waals surface area contributed by atoms with Crippen LogP contribution in [0.5, 0.6) is 0 Å². The number of carbonyl (C=O) groups is 1. The first-order chi connectivity index (χ1) is 14.3. The molecule has 1 heterocycles. The molecular weight excluding hydrogens is 416 g/mol. The van der Waals surface area contributed by atoms with E-state index in [4.69, 9.17) is 0 Å². The van der Waals surface area contributed by atoms with Crippen LogP contribution in [0.1, 0.15) is 24.3 Å². The largest absolute Gasteiger partial charge is 0.340 e. The lowest BCUT2D eigenvalue weighted by molar-refractivity contribution is -0.141. The second-order valence-electron chi connectivity index (χ2n) is 7.80. The maximum atomic E-state index is 14.3. The van der Waals surface area contributed by atoms with E-state index in [1.54, 1.807) is 30.5 Å². The van der Waals surface area contributed by atoms with Crippen LogP contribution >= 0.6 is 11.9 Å². The molecule has 2 aliphatic rings. The molecule has 2 aromatic carbocycles. The van der Waals surface area contributed by atoms with E-state index in [1.807, 2.05) is 0 Å². The molecule has 0 aromatic heterocycles. The fraction of sp³-hybridized carbons (Fsp3) is 0.409. The maximum Gasteiger partial charge on any atom is 0.267 e. The molecule has 8 heteroatoms. The lowest BCUT2D eigenvalue weighted by Gasteiger charge is -2.38. The number of nitrogens with zero attached hydrogens (tertiary/aromatic N) is 1. The van der Waals surface area contributed by atoms with Crippen molar-refractivity contribution in [3.05, 3.63) is 59.7 Å². The number of piperidine rings is 1. The highest BCUT2D eigenvalue weighted by atomic mass is 32.2. The second-order valence-corrected chi connectivity index (χ2v) is 8.45. The van der Waals surface area contributed by atoms with Gasteiger partial charge in [0.05, 0.1) is 11.6 Å². The molecular formula is C22H22F4N2OS. The summed E-state index contributed by atoms with van der Waals surface area (Å²) < 4.78 is 59.5. The van der Waals surface area contributed by atoms with Gasteiger partial charge in [-0.15, -0.1) is 0 Å². The van der Waals surface area contributed by atoms with E-state index in [0.717, 1.165) is 11.9 Å². The zero-order valence-corrected chi connectivity index (χ0v) is 17.2. The Hall–Kier alpha value is -2.06. The molecule has 1 amide bonds. The number of amides is 1. The van der Waals surface area contributed by atoms with Crippen LogP contribution < -0.4 is 4.72 Å². The Morgan fingerprint density at radius 2 is 1.83 bits per heavy atom. The SMILES string of the molecule is CSNC1CN(C(=O)C2CC2c2ccccc2-c2c(F)cccc2F)CCC1(F)F. The van der Waals surface area contributed by atoms with Crippen molar-refractivity contribution in [3.8, 4) is 11.1 Å². The smallest absolute Gasteiger partial charge is 0.267 e. The number of benzene rings is 2. The van der Waals surface area contributed by atoms with Crippen molar-refractivity contribution in [3.63, 3.8) is 0 Å². The molecule has 2 aromatic rings. The van der Waals surface area contributed by atoms with Crippen molar-refractivity contribution in [2.45, 2.75) is 30.7 Å². The first-order valence-corrected chi connectivity index (χ1v) is 11.0. The molecule has 0 radical (unpaired) electrons. The summed E-state index contributed by atoms with van der Waals surface area (Å²) in [5.74, 6) is -4.89. The molecule has 160 valence electrons. The minimum atomic E-state index is -2.86. The Kier molecular flexibility index (Phi) is 5.81. The number of hydrogen-bond donors (Lipinski definition) is 1. The van der Waals surface area contributed by atoms with Gasteiger partial charge in [0.15, 0.2) is 0 Å². The second kappa shape index (κ2) is 8.23. The van der Waals surface area contributed by atoms with Gasteiger partial charge in [-0.25, -0.2) is 17.6 Å². The number of likely N-dealkylation sites (tertiary alicyclic amines) is 1. The Bertz CT molecular complexity index is 934. The molecule has 1 aliphatic carbocycles. The van der Waals surface area contributed by atoms with Gasteiger partial charge in [-0.3, -0.25) is 9.52 Å². The van der Waals surface area contributed by atoms with E-state index in [0.29, 0.717) is 17.5 Å². The Morgan fingerprint density at radius 1 is 1.13 bits per heavy atom. The highest BCUT2D eigenvalue weighted by Crippen LogP contribution is 2.52. The summed E-state index contributed by atoms with van der Waals surface area (Å²) >= 11 is 1.11. The van der Waals surface area contributed by atoms with Crippen LogP contribution in [0.15, 0.2) is 42.5 Å². The quantitative estimate of drug-likeness (QED) is 0.536. The monoisotopic (exact) mass is 438 g/mol. The zero-order chi connectivity index (χ0) is 21.5. The van der Waals surface area contributed by atoms with Gasteiger partial charge in [-0.05, 0) is 41.9 Å². The van der Waals surface area contributed by atoms with Crippen molar-refractivity contribution >= 4 is 17.9 Å². The lowest BCUT2D eigenvalue weighted by Crippen LogP contribution is -2.57. The molecule has 1 saturated carbocycles. The third-order valence-corrected chi connectivity index (χ3v) is 6.42. The lowest BCUT2D eigenvalue weighted by atomic mass is 9.94. The summed E-state index contributed by atoms with van der Waals surface area (Å²) in [6.07, 6.45) is 1.83. The highest BCUT2D eigenvalue weighted by Gasteiger charge is 2.51. The summed E-state index contributed by atoms with van der Waals surface area (Å²) in [6, 6.07) is 9.53. The maximum absolute atomic E-state index is 14.3. The number of rotatable bonds is 5. The minimum Gasteiger partial charge on any atom is -0.340 e. The minimum absolute atomic E-state index is 0.00516. The first-order valence-electron chi connectivity index (χ1n) is 9.82. The average Bonchev–Trinajstić information content (AvgIpc) is 3.50. The summed E-state index contributed by atoms with van der Waals surface area (Å²) in [4.78, 5) is 14.5.